The molecule has 4 heteroatoms. The van der Waals surface area contributed by atoms with Crippen molar-refractivity contribution in [2.45, 2.75) is 38.6 Å². The normalized spacial score (nSPS) is 14.4. The second-order valence-electron chi connectivity index (χ2n) is 3.96. The van der Waals surface area contributed by atoms with E-state index < -0.39 is 0 Å². The molecule has 3 N–H and O–H groups in total. The molecular formula is C12H20N2O2. The smallest absolute Gasteiger partial charge is 0.231 e. The molecule has 0 fully saturated rings. The summed E-state index contributed by atoms with van der Waals surface area (Å²) in [6.45, 7) is 4.49. The van der Waals surface area contributed by atoms with E-state index in [1.54, 1.807) is 12.3 Å². The van der Waals surface area contributed by atoms with Crippen LogP contribution in [0.3, 0.4) is 0 Å². The van der Waals surface area contributed by atoms with Crippen molar-refractivity contribution >= 4 is 5.91 Å². The highest BCUT2D eigenvalue weighted by atomic mass is 16.3. The lowest BCUT2D eigenvalue weighted by Crippen LogP contribution is -2.36. The molecule has 4 nitrogen and oxygen atoms in total. The zero-order valence-corrected chi connectivity index (χ0v) is 9.90. The van der Waals surface area contributed by atoms with Gasteiger partial charge in [0.05, 0.1) is 12.2 Å². The molecule has 0 bridgehead atoms. The van der Waals surface area contributed by atoms with Gasteiger partial charge in [-0.05, 0) is 38.4 Å². The van der Waals surface area contributed by atoms with Gasteiger partial charge in [-0.15, -0.1) is 0 Å². The minimum Gasteiger partial charge on any atom is -0.469 e. The van der Waals surface area contributed by atoms with Crippen LogP contribution in [0.2, 0.25) is 0 Å². The Balaban J connectivity index is 2.67. The molecule has 1 rings (SSSR count). The van der Waals surface area contributed by atoms with E-state index in [9.17, 15) is 4.79 Å². The third kappa shape index (κ3) is 3.38. The summed E-state index contributed by atoms with van der Waals surface area (Å²) in [7, 11) is 0. The maximum Gasteiger partial charge on any atom is 0.231 e. The molecule has 0 aromatic carbocycles. The fourth-order valence-electron chi connectivity index (χ4n) is 1.50. The van der Waals surface area contributed by atoms with Gasteiger partial charge in [0, 0.05) is 6.04 Å². The van der Waals surface area contributed by atoms with Crippen molar-refractivity contribution < 1.29 is 9.21 Å². The Labute approximate surface area is 96.2 Å². The number of carbonyl (C=O) groups is 1. The van der Waals surface area contributed by atoms with Crippen LogP contribution in [0.25, 0.3) is 0 Å². The molecule has 2 unspecified atom stereocenters. The molecule has 0 aliphatic rings. The Morgan fingerprint density at radius 1 is 1.62 bits per heavy atom. The lowest BCUT2D eigenvalue weighted by atomic mass is 10.0. The maximum atomic E-state index is 12.0. The molecule has 1 heterocycles. The fraction of sp³-hybridized carbons (Fsp3) is 0.583. The molecule has 0 saturated heterocycles. The van der Waals surface area contributed by atoms with Crippen molar-refractivity contribution in [3.8, 4) is 0 Å². The number of nitrogens with two attached hydrogens (primary N) is 1. The largest absolute Gasteiger partial charge is 0.469 e. The SMILES string of the molecule is CCC(C)NC(=O)C(CCN)c1ccco1. The van der Waals surface area contributed by atoms with Gasteiger partial charge in [-0.3, -0.25) is 4.79 Å². The third-order valence-corrected chi connectivity index (χ3v) is 2.66. The van der Waals surface area contributed by atoms with Gasteiger partial charge in [-0.2, -0.15) is 0 Å². The van der Waals surface area contributed by atoms with E-state index >= 15 is 0 Å². The summed E-state index contributed by atoms with van der Waals surface area (Å²) in [5.41, 5.74) is 5.51. The molecule has 0 saturated carbocycles. The van der Waals surface area contributed by atoms with Crippen LogP contribution in [-0.2, 0) is 4.79 Å². The quantitative estimate of drug-likeness (QED) is 0.771. The number of nitrogens with one attached hydrogen (secondary N) is 1. The van der Waals surface area contributed by atoms with E-state index in [-0.39, 0.29) is 17.9 Å². The number of hydrogen-bond acceptors (Lipinski definition) is 3. The average molecular weight is 224 g/mol. The molecule has 0 spiro atoms. The van der Waals surface area contributed by atoms with E-state index in [4.69, 9.17) is 10.2 Å². The van der Waals surface area contributed by atoms with E-state index in [2.05, 4.69) is 5.32 Å². The van der Waals surface area contributed by atoms with E-state index in [0.717, 1.165) is 6.42 Å². The zero-order valence-electron chi connectivity index (χ0n) is 9.90. The van der Waals surface area contributed by atoms with Crippen molar-refractivity contribution in [3.63, 3.8) is 0 Å². The number of carbonyl (C=O) groups excluding carboxylic acids is 1. The predicted molar refractivity (Wildman–Crippen MR) is 63.0 cm³/mol. The van der Waals surface area contributed by atoms with Crippen LogP contribution in [0, 0.1) is 0 Å². The van der Waals surface area contributed by atoms with Crippen molar-refractivity contribution in [3.05, 3.63) is 24.2 Å². The number of rotatable bonds is 6. The Morgan fingerprint density at radius 2 is 2.38 bits per heavy atom. The predicted octanol–water partition coefficient (Wildman–Crippen LogP) is 1.63. The van der Waals surface area contributed by atoms with Gasteiger partial charge in [0.25, 0.3) is 0 Å². The highest BCUT2D eigenvalue weighted by Crippen LogP contribution is 2.20. The molecular weight excluding hydrogens is 204 g/mol. The highest BCUT2D eigenvalue weighted by Gasteiger charge is 2.23. The second kappa shape index (κ2) is 6.33. The Morgan fingerprint density at radius 3 is 2.88 bits per heavy atom. The minimum absolute atomic E-state index is 0.00486. The van der Waals surface area contributed by atoms with Gasteiger partial charge >= 0.3 is 0 Å². The first-order valence-corrected chi connectivity index (χ1v) is 5.72. The maximum absolute atomic E-state index is 12.0. The summed E-state index contributed by atoms with van der Waals surface area (Å²) in [5, 5.41) is 2.95. The minimum atomic E-state index is -0.269. The molecule has 1 aromatic heterocycles. The van der Waals surface area contributed by atoms with Crippen LogP contribution in [0.4, 0.5) is 0 Å². The van der Waals surface area contributed by atoms with Crippen LogP contribution in [0.15, 0.2) is 22.8 Å². The van der Waals surface area contributed by atoms with Gasteiger partial charge in [0.15, 0.2) is 0 Å². The van der Waals surface area contributed by atoms with E-state index in [0.29, 0.717) is 18.7 Å². The Hall–Kier alpha value is -1.29. The zero-order chi connectivity index (χ0) is 12.0. The highest BCUT2D eigenvalue weighted by molar-refractivity contribution is 5.83. The monoisotopic (exact) mass is 224 g/mol. The average Bonchev–Trinajstić information content (AvgIpc) is 2.78. The summed E-state index contributed by atoms with van der Waals surface area (Å²) < 4.78 is 5.27. The van der Waals surface area contributed by atoms with E-state index in [1.807, 2.05) is 19.9 Å². The lowest BCUT2D eigenvalue weighted by Gasteiger charge is -2.17. The molecule has 1 aromatic rings. The number of amides is 1. The van der Waals surface area contributed by atoms with Crippen molar-refractivity contribution in [2.75, 3.05) is 6.54 Å². The van der Waals surface area contributed by atoms with Crippen LogP contribution in [0.5, 0.6) is 0 Å². The number of furan rings is 1. The first-order valence-electron chi connectivity index (χ1n) is 5.72. The molecule has 0 aliphatic carbocycles. The van der Waals surface area contributed by atoms with Crippen LogP contribution < -0.4 is 11.1 Å². The third-order valence-electron chi connectivity index (χ3n) is 2.66. The topological polar surface area (TPSA) is 68.3 Å². The van der Waals surface area contributed by atoms with Gasteiger partial charge in [-0.25, -0.2) is 0 Å². The summed E-state index contributed by atoms with van der Waals surface area (Å²) in [4.78, 5) is 12.0. The molecule has 90 valence electrons. The number of hydrogen-bond donors (Lipinski definition) is 2. The first-order chi connectivity index (χ1) is 7.69. The Bertz CT molecular complexity index is 309. The fourth-order valence-corrected chi connectivity index (χ4v) is 1.50. The van der Waals surface area contributed by atoms with Crippen LogP contribution in [-0.4, -0.2) is 18.5 Å². The molecule has 16 heavy (non-hydrogen) atoms. The Kier molecular flexibility index (Phi) is 5.05. The first kappa shape index (κ1) is 12.8. The van der Waals surface area contributed by atoms with E-state index in [1.165, 1.54) is 0 Å². The van der Waals surface area contributed by atoms with Crippen molar-refractivity contribution in [2.24, 2.45) is 5.73 Å². The lowest BCUT2D eigenvalue weighted by molar-refractivity contribution is -0.123. The molecule has 0 radical (unpaired) electrons. The van der Waals surface area contributed by atoms with Crippen LogP contribution >= 0.6 is 0 Å². The van der Waals surface area contributed by atoms with Gasteiger partial charge < -0.3 is 15.5 Å². The van der Waals surface area contributed by atoms with Gasteiger partial charge in [-0.1, -0.05) is 6.92 Å². The summed E-state index contributed by atoms with van der Waals surface area (Å²) in [5.74, 6) is 0.412. The van der Waals surface area contributed by atoms with Gasteiger partial charge in [0.1, 0.15) is 5.76 Å². The standard InChI is InChI=1S/C12H20N2O2/c1-3-9(2)14-12(15)10(6-7-13)11-5-4-8-16-11/h4-5,8-10H,3,6-7,13H2,1-2H3,(H,14,15). The molecule has 2 atom stereocenters. The summed E-state index contributed by atoms with van der Waals surface area (Å²) in [6.07, 6.45) is 3.10. The molecule has 1 amide bonds. The second-order valence-corrected chi connectivity index (χ2v) is 3.96. The summed E-state index contributed by atoms with van der Waals surface area (Å²) in [6, 6.07) is 3.79. The van der Waals surface area contributed by atoms with Gasteiger partial charge in [0.2, 0.25) is 5.91 Å². The van der Waals surface area contributed by atoms with Crippen molar-refractivity contribution in [1.29, 1.82) is 0 Å². The van der Waals surface area contributed by atoms with Crippen molar-refractivity contribution in [1.82, 2.24) is 5.32 Å². The summed E-state index contributed by atoms with van der Waals surface area (Å²) >= 11 is 0. The van der Waals surface area contributed by atoms with Crippen LogP contribution in [0.1, 0.15) is 38.4 Å². The molecule has 0 aliphatic heterocycles.